The summed E-state index contributed by atoms with van der Waals surface area (Å²) in [5.41, 5.74) is 11.6. The summed E-state index contributed by atoms with van der Waals surface area (Å²) in [5.74, 6) is 1.69. The number of aliphatic hydroxyl groups excluding tert-OH is 5. The van der Waals surface area contributed by atoms with Gasteiger partial charge >= 0.3 is 6.03 Å². The molecule has 2 heterocycles. The van der Waals surface area contributed by atoms with Crippen molar-refractivity contribution in [1.82, 2.24) is 29.2 Å². The monoisotopic (exact) mass is 1320 g/mol. The fraction of sp³-hybridized carbons (Fsp3) is 0.462. The van der Waals surface area contributed by atoms with Gasteiger partial charge in [0.25, 0.3) is 0 Å². The highest BCUT2D eigenvalue weighted by molar-refractivity contribution is 7.89. The number of ether oxygens (including phenoxy) is 4. The minimum atomic E-state index is -3.89. The Labute approximate surface area is 536 Å². The van der Waals surface area contributed by atoms with E-state index in [-0.39, 0.29) is 48.3 Å². The Morgan fingerprint density at radius 1 is 0.633 bits per heavy atom. The van der Waals surface area contributed by atoms with Crippen molar-refractivity contribution in [3.63, 3.8) is 0 Å². The summed E-state index contributed by atoms with van der Waals surface area (Å²) < 4.78 is 81.3. The van der Waals surface area contributed by atoms with Crippen LogP contribution in [0.25, 0.3) is 22.3 Å². The number of benzene rings is 4. The lowest BCUT2D eigenvalue weighted by molar-refractivity contribution is -0.0902. The average Bonchev–Trinajstić information content (AvgIpc) is 1.59. The molecule has 486 valence electrons. The van der Waals surface area contributed by atoms with E-state index in [1.54, 1.807) is 43.7 Å². The van der Waals surface area contributed by atoms with Crippen molar-refractivity contribution in [3.05, 3.63) is 154 Å². The van der Waals surface area contributed by atoms with E-state index in [4.69, 9.17) is 53.0 Å². The summed E-state index contributed by atoms with van der Waals surface area (Å²) in [6, 6.07) is 27.3. The second-order valence-electron chi connectivity index (χ2n) is 23.3. The number of aliphatic hydroxyl groups is 5. The molecular weight excluding hydrogens is 1240 g/mol. The Morgan fingerprint density at radius 2 is 1.09 bits per heavy atom. The molecule has 4 fully saturated rings. The number of urea groups is 1. The Balaban J connectivity index is 0.000000224. The van der Waals surface area contributed by atoms with Gasteiger partial charge in [-0.05, 0) is 167 Å². The van der Waals surface area contributed by atoms with Gasteiger partial charge < -0.3 is 60.8 Å². The SMILES string of the molecule is CN(CCCCN)S(=O)(=O)c1ccc(Cl)c(COC2(c3cnccc3-c3ccccc3OC3CC3)CC2)c1.CN(CCCCNC(=O)N[C@@H](CO)[C@@H](O)[C@H](O)[C@H](O)CO)S(=O)(=O)c1ccc(Cl)c(COC2(c3cnccc3-c3ccccc3OC3CC3)CC2)c1. The van der Waals surface area contributed by atoms with E-state index >= 15 is 0 Å². The largest absolute Gasteiger partial charge is 0.490 e. The maximum Gasteiger partial charge on any atom is 0.315 e. The fourth-order valence-electron chi connectivity index (χ4n) is 10.4. The predicted molar refractivity (Wildman–Crippen MR) is 341 cm³/mol. The number of para-hydroxylation sites is 2. The molecule has 9 N–H and O–H groups in total. The zero-order valence-electron chi connectivity index (χ0n) is 50.5. The Kier molecular flexibility index (Phi) is 23.4. The number of carbonyl (C=O) groups excluding carboxylic acids is 1. The van der Waals surface area contributed by atoms with Crippen LogP contribution in [0.1, 0.15) is 99.3 Å². The second kappa shape index (κ2) is 30.7. The third-order valence-electron chi connectivity index (χ3n) is 16.5. The van der Waals surface area contributed by atoms with Crippen LogP contribution in [0.2, 0.25) is 10.0 Å². The number of pyridine rings is 2. The molecule has 4 atom stereocenters. The van der Waals surface area contributed by atoms with E-state index < -0.39 is 74.8 Å². The summed E-state index contributed by atoms with van der Waals surface area (Å²) >= 11 is 13.0. The molecule has 4 aliphatic rings. The van der Waals surface area contributed by atoms with Crippen LogP contribution in [0.5, 0.6) is 11.5 Å². The molecule has 4 aromatic carbocycles. The average molecular weight is 1320 g/mol. The first kappa shape index (κ1) is 68.5. The summed E-state index contributed by atoms with van der Waals surface area (Å²) in [4.78, 5) is 21.3. The summed E-state index contributed by atoms with van der Waals surface area (Å²) in [5, 5.41) is 53.5. The topological polar surface area (TPSA) is 306 Å². The van der Waals surface area contributed by atoms with Gasteiger partial charge in [0.15, 0.2) is 0 Å². The summed E-state index contributed by atoms with van der Waals surface area (Å²) in [6.07, 6.45) is 12.4. The number of sulfonamides is 2. The first-order valence-corrected chi connectivity index (χ1v) is 34.1. The highest BCUT2D eigenvalue weighted by atomic mass is 35.5. The van der Waals surface area contributed by atoms with Gasteiger partial charge in [-0.2, -0.15) is 0 Å². The van der Waals surface area contributed by atoms with Crippen LogP contribution in [0, 0.1) is 0 Å². The van der Waals surface area contributed by atoms with Crippen LogP contribution in [0.4, 0.5) is 4.79 Å². The van der Waals surface area contributed by atoms with Crippen molar-refractivity contribution in [2.24, 2.45) is 5.73 Å². The van der Waals surface area contributed by atoms with Crippen molar-refractivity contribution >= 4 is 49.3 Å². The Hall–Kier alpha value is -5.87. The van der Waals surface area contributed by atoms with Gasteiger partial charge in [0.1, 0.15) is 29.8 Å². The number of carbonyl (C=O) groups is 1. The predicted octanol–water partition coefficient (Wildman–Crippen LogP) is 7.79. The number of unbranched alkanes of at least 4 members (excludes halogenated alkanes) is 2. The number of hydrogen-bond donors (Lipinski definition) is 8. The number of nitrogens with one attached hydrogen (secondary N) is 2. The van der Waals surface area contributed by atoms with Crippen molar-refractivity contribution < 1.29 is 66.1 Å². The maximum atomic E-state index is 13.5. The zero-order valence-corrected chi connectivity index (χ0v) is 53.6. The van der Waals surface area contributed by atoms with Gasteiger partial charge in [-0.25, -0.2) is 30.2 Å². The van der Waals surface area contributed by atoms with Gasteiger partial charge in [-0.3, -0.25) is 9.97 Å². The lowest BCUT2D eigenvalue weighted by Crippen LogP contribution is -2.56. The van der Waals surface area contributed by atoms with Gasteiger partial charge in [0.05, 0.1) is 65.7 Å². The normalized spacial score (nSPS) is 17.2. The molecule has 6 aromatic rings. The van der Waals surface area contributed by atoms with Crippen molar-refractivity contribution in [1.29, 1.82) is 0 Å². The lowest BCUT2D eigenvalue weighted by atomic mass is 9.96. The molecule has 2 amide bonds. The molecule has 21 nitrogen and oxygen atoms in total. The van der Waals surface area contributed by atoms with E-state index in [2.05, 4.69) is 26.7 Å². The van der Waals surface area contributed by atoms with Gasteiger partial charge in [-0.1, -0.05) is 59.6 Å². The molecule has 25 heteroatoms. The minimum Gasteiger partial charge on any atom is -0.490 e. The third-order valence-corrected chi connectivity index (χ3v) is 20.9. The van der Waals surface area contributed by atoms with Crippen LogP contribution >= 0.6 is 23.2 Å². The molecule has 0 unspecified atom stereocenters. The van der Waals surface area contributed by atoms with E-state index in [1.807, 2.05) is 67.0 Å². The molecule has 2 aromatic heterocycles. The summed E-state index contributed by atoms with van der Waals surface area (Å²) in [6.45, 7) is -0.0241. The molecule has 0 bridgehead atoms. The molecular formula is C65H81Cl2N7O14S2. The number of nitrogens with two attached hydrogens (primary N) is 1. The minimum absolute atomic E-state index is 0.0654. The zero-order chi connectivity index (χ0) is 64.2. The smallest absolute Gasteiger partial charge is 0.315 e. The Morgan fingerprint density at radius 3 is 1.51 bits per heavy atom. The van der Waals surface area contributed by atoms with Crippen molar-refractivity contribution in [3.8, 4) is 33.8 Å². The molecule has 4 aliphatic carbocycles. The van der Waals surface area contributed by atoms with Crippen LogP contribution < -0.4 is 25.8 Å². The van der Waals surface area contributed by atoms with E-state index in [0.717, 1.165) is 103 Å². The molecule has 10 rings (SSSR count). The van der Waals surface area contributed by atoms with Crippen molar-refractivity contribution in [2.75, 3.05) is 53.5 Å². The number of rotatable bonds is 33. The fourth-order valence-corrected chi connectivity index (χ4v) is 13.2. The standard InChI is InChI=1S/C36H47ClN4O10S.C29H34ClN3O4S/c1-41(17-5-4-15-39-35(47)40-30(20-42)33(45)34(46)31(44)21-43)52(48,49)25-10-11-29(37)23(18-25)22-50-36(13-14-36)28-19-38-16-12-26(28)27-6-2-3-7-32(27)51-24-8-9-24;1-33(17-5-4-15-31)38(34,35)23-10-11-27(30)21(18-23)20-36-29(13-14-29)26-19-32-16-12-24(26)25-6-2-3-7-28(25)37-22-8-9-22/h2-3,6-7,10-12,16,18-19,24,30-31,33-34,42-46H,4-5,8-9,13-15,17,20-22H2,1H3,(H2,39,40,47);2-3,6-7,10-12,16,18-19,22H,4-5,8-9,13-15,17,20,31H2,1H3/t30-,31+,33+,34+;/m0./s1. The third kappa shape index (κ3) is 17.2. The quantitative estimate of drug-likeness (QED) is 0.0182. The van der Waals surface area contributed by atoms with Crippen LogP contribution in [0.15, 0.2) is 132 Å². The number of aromatic nitrogens is 2. The number of hydrogen-bond acceptors (Lipinski definition) is 17. The summed E-state index contributed by atoms with van der Waals surface area (Å²) in [7, 11) is -4.49. The van der Waals surface area contributed by atoms with Gasteiger partial charge in [-0.15, -0.1) is 0 Å². The highest BCUT2D eigenvalue weighted by Gasteiger charge is 2.49. The maximum absolute atomic E-state index is 13.5. The lowest BCUT2D eigenvalue weighted by Gasteiger charge is -2.28. The van der Waals surface area contributed by atoms with Gasteiger partial charge in [0, 0.05) is 90.8 Å². The molecule has 0 spiro atoms. The molecule has 0 radical (unpaired) electrons. The van der Waals surface area contributed by atoms with Crippen LogP contribution in [-0.2, 0) is 53.9 Å². The number of amides is 2. The number of nitrogens with zero attached hydrogens (tertiary/aromatic N) is 4. The first-order chi connectivity index (χ1) is 43.2. The first-order valence-electron chi connectivity index (χ1n) is 30.4. The van der Waals surface area contributed by atoms with E-state index in [0.29, 0.717) is 53.5 Å². The Bertz CT molecular complexity index is 3630. The van der Waals surface area contributed by atoms with Crippen molar-refractivity contribution in [2.45, 2.75) is 148 Å². The highest BCUT2D eigenvalue weighted by Crippen LogP contribution is 2.55. The molecule has 90 heavy (non-hydrogen) atoms. The molecule has 4 saturated carbocycles. The second-order valence-corrected chi connectivity index (χ2v) is 28.2. The number of halogens is 2. The van der Waals surface area contributed by atoms with E-state index in [9.17, 15) is 42.1 Å². The van der Waals surface area contributed by atoms with Crippen LogP contribution in [-0.4, -0.2) is 157 Å². The van der Waals surface area contributed by atoms with Crippen LogP contribution in [0.3, 0.4) is 0 Å². The molecule has 0 saturated heterocycles. The molecule has 0 aliphatic heterocycles. The van der Waals surface area contributed by atoms with E-state index in [1.165, 1.54) is 27.8 Å². The van der Waals surface area contributed by atoms with Gasteiger partial charge in [0.2, 0.25) is 20.0 Å².